The number of halogens is 1. The van der Waals surface area contributed by atoms with Gasteiger partial charge in [0, 0.05) is 18.6 Å². The second kappa shape index (κ2) is 5.01. The Bertz CT molecular complexity index is 476. The van der Waals surface area contributed by atoms with Crippen LogP contribution in [0.1, 0.15) is 5.56 Å². The summed E-state index contributed by atoms with van der Waals surface area (Å²) in [6.45, 7) is 0.106. The van der Waals surface area contributed by atoms with Crippen LogP contribution >= 0.6 is 11.6 Å². The monoisotopic (exact) mass is 264 g/mol. The summed E-state index contributed by atoms with van der Waals surface area (Å²) in [7, 11) is -0.799. The topological polar surface area (TPSA) is 72.6 Å². The third kappa shape index (κ3) is 3.34. The fourth-order valence-electron chi connectivity index (χ4n) is 1.13. The smallest absolute Gasteiger partial charge is 0.276 e. The molecule has 7 heteroatoms. The second-order valence-electron chi connectivity index (χ2n) is 3.26. The summed E-state index contributed by atoms with van der Waals surface area (Å²) in [6, 6.07) is 5.01. The van der Waals surface area contributed by atoms with E-state index in [9.17, 15) is 8.42 Å². The third-order valence-electron chi connectivity index (χ3n) is 2.08. The Kier molecular flexibility index (Phi) is 4.15. The molecule has 16 heavy (non-hydrogen) atoms. The molecule has 1 rings (SSSR count). The zero-order valence-corrected chi connectivity index (χ0v) is 10.5. The Balaban J connectivity index is 2.96. The normalized spacial score (nSPS) is 11.8. The Labute approximate surface area is 99.9 Å². The van der Waals surface area contributed by atoms with Crippen molar-refractivity contribution in [1.82, 2.24) is 4.31 Å². The van der Waals surface area contributed by atoms with Crippen LogP contribution in [0.15, 0.2) is 18.2 Å². The van der Waals surface area contributed by atoms with Crippen molar-refractivity contribution in [2.24, 2.45) is 5.14 Å². The van der Waals surface area contributed by atoms with Crippen molar-refractivity contribution >= 4 is 21.8 Å². The fraction of sp³-hybridized carbons (Fsp3) is 0.333. The molecule has 0 fully saturated rings. The van der Waals surface area contributed by atoms with Crippen LogP contribution in [-0.4, -0.2) is 26.9 Å². The predicted molar refractivity (Wildman–Crippen MR) is 62.6 cm³/mol. The molecule has 0 saturated carbocycles. The van der Waals surface area contributed by atoms with Gasteiger partial charge in [0.05, 0.1) is 7.11 Å². The largest absolute Gasteiger partial charge is 0.497 e. The maximum atomic E-state index is 11.0. The Hall–Kier alpha value is -0.820. The number of ether oxygens (including phenoxy) is 1. The average Bonchev–Trinajstić information content (AvgIpc) is 2.19. The second-order valence-corrected chi connectivity index (χ2v) is 5.32. The van der Waals surface area contributed by atoms with Crippen molar-refractivity contribution in [3.05, 3.63) is 28.8 Å². The first-order chi connectivity index (χ1) is 7.34. The quantitative estimate of drug-likeness (QED) is 0.881. The zero-order valence-electron chi connectivity index (χ0n) is 8.97. The standard InChI is InChI=1S/C9H13ClN2O3S/c1-12(16(11,13)14)6-7-5-8(15-2)3-4-9(7)10/h3-5H,6H2,1-2H3,(H2,11,13,14). The summed E-state index contributed by atoms with van der Waals surface area (Å²) >= 11 is 5.93. The summed E-state index contributed by atoms with van der Waals surface area (Å²) < 4.78 is 28.1. The Morgan fingerprint density at radius 3 is 2.62 bits per heavy atom. The van der Waals surface area contributed by atoms with Crippen molar-refractivity contribution in [3.8, 4) is 5.75 Å². The summed E-state index contributed by atoms with van der Waals surface area (Å²) in [4.78, 5) is 0. The van der Waals surface area contributed by atoms with Crippen LogP contribution in [0.4, 0.5) is 0 Å². The molecule has 0 bridgehead atoms. The van der Waals surface area contributed by atoms with E-state index < -0.39 is 10.2 Å². The SMILES string of the molecule is COc1ccc(Cl)c(CN(C)S(N)(=O)=O)c1. The molecular weight excluding hydrogens is 252 g/mol. The third-order valence-corrected chi connectivity index (χ3v) is 3.45. The lowest BCUT2D eigenvalue weighted by Crippen LogP contribution is -2.32. The van der Waals surface area contributed by atoms with Crippen LogP contribution in [0.5, 0.6) is 5.75 Å². The van der Waals surface area contributed by atoms with Crippen molar-refractivity contribution in [3.63, 3.8) is 0 Å². The molecule has 0 aliphatic heterocycles. The van der Waals surface area contributed by atoms with Gasteiger partial charge in [-0.1, -0.05) is 11.6 Å². The number of benzene rings is 1. The first-order valence-corrected chi connectivity index (χ1v) is 6.29. The lowest BCUT2D eigenvalue weighted by atomic mass is 10.2. The molecule has 0 aromatic heterocycles. The van der Waals surface area contributed by atoms with E-state index in [0.717, 1.165) is 4.31 Å². The molecule has 1 aromatic carbocycles. The molecule has 1 aromatic rings. The molecule has 2 N–H and O–H groups in total. The van der Waals surface area contributed by atoms with Crippen molar-refractivity contribution < 1.29 is 13.2 Å². The minimum atomic E-state index is -3.70. The molecule has 0 spiro atoms. The first-order valence-electron chi connectivity index (χ1n) is 4.41. The molecule has 0 amide bonds. The highest BCUT2D eigenvalue weighted by Gasteiger charge is 2.14. The van der Waals surface area contributed by atoms with Gasteiger partial charge in [-0.3, -0.25) is 0 Å². The number of nitrogens with zero attached hydrogens (tertiary/aromatic N) is 1. The molecular formula is C9H13ClN2O3S. The molecule has 5 nitrogen and oxygen atoms in total. The summed E-state index contributed by atoms with van der Waals surface area (Å²) in [5.74, 6) is 0.613. The molecule has 0 unspecified atom stereocenters. The minimum Gasteiger partial charge on any atom is -0.497 e. The van der Waals surface area contributed by atoms with Crippen LogP contribution in [-0.2, 0) is 16.8 Å². The average molecular weight is 265 g/mol. The van der Waals surface area contributed by atoms with Gasteiger partial charge in [-0.05, 0) is 23.8 Å². The zero-order chi connectivity index (χ0) is 12.3. The molecule has 0 saturated heterocycles. The van der Waals surface area contributed by atoms with E-state index in [-0.39, 0.29) is 6.54 Å². The number of methoxy groups -OCH3 is 1. The molecule has 0 aliphatic rings. The van der Waals surface area contributed by atoms with E-state index in [2.05, 4.69) is 0 Å². The van der Waals surface area contributed by atoms with Gasteiger partial charge in [-0.15, -0.1) is 0 Å². The lowest BCUT2D eigenvalue weighted by molar-refractivity contribution is 0.412. The van der Waals surface area contributed by atoms with Crippen LogP contribution in [0, 0.1) is 0 Å². The van der Waals surface area contributed by atoms with E-state index >= 15 is 0 Å². The maximum Gasteiger partial charge on any atom is 0.276 e. The van der Waals surface area contributed by atoms with Gasteiger partial charge in [0.2, 0.25) is 0 Å². The Morgan fingerprint density at radius 1 is 1.50 bits per heavy atom. The van der Waals surface area contributed by atoms with Gasteiger partial charge in [0.1, 0.15) is 5.75 Å². The lowest BCUT2D eigenvalue weighted by Gasteiger charge is -2.15. The van der Waals surface area contributed by atoms with Crippen LogP contribution in [0.2, 0.25) is 5.02 Å². The van der Waals surface area contributed by atoms with E-state index in [0.29, 0.717) is 16.3 Å². The first kappa shape index (κ1) is 13.2. The highest BCUT2D eigenvalue weighted by atomic mass is 35.5. The number of hydrogen-bond acceptors (Lipinski definition) is 3. The van der Waals surface area contributed by atoms with Gasteiger partial charge >= 0.3 is 0 Å². The van der Waals surface area contributed by atoms with E-state index in [1.165, 1.54) is 14.2 Å². The summed E-state index contributed by atoms with van der Waals surface area (Å²) in [5.41, 5.74) is 0.637. The van der Waals surface area contributed by atoms with E-state index in [1.54, 1.807) is 18.2 Å². The van der Waals surface area contributed by atoms with Gasteiger partial charge in [0.15, 0.2) is 0 Å². The summed E-state index contributed by atoms with van der Waals surface area (Å²) in [6.07, 6.45) is 0. The summed E-state index contributed by atoms with van der Waals surface area (Å²) in [5, 5.41) is 5.44. The maximum absolute atomic E-state index is 11.0. The van der Waals surface area contributed by atoms with Crippen LogP contribution < -0.4 is 9.88 Å². The van der Waals surface area contributed by atoms with Gasteiger partial charge < -0.3 is 4.74 Å². The van der Waals surface area contributed by atoms with Crippen LogP contribution in [0.3, 0.4) is 0 Å². The highest BCUT2D eigenvalue weighted by molar-refractivity contribution is 7.86. The van der Waals surface area contributed by atoms with Gasteiger partial charge in [-0.25, -0.2) is 5.14 Å². The molecule has 0 atom stereocenters. The molecule has 0 radical (unpaired) electrons. The van der Waals surface area contributed by atoms with Crippen molar-refractivity contribution in [2.45, 2.75) is 6.54 Å². The number of hydrogen-bond donors (Lipinski definition) is 1. The molecule has 0 aliphatic carbocycles. The minimum absolute atomic E-state index is 0.106. The molecule has 0 heterocycles. The number of nitrogens with two attached hydrogens (primary N) is 1. The van der Waals surface area contributed by atoms with Crippen molar-refractivity contribution in [1.29, 1.82) is 0 Å². The molecule has 90 valence electrons. The Morgan fingerprint density at radius 2 is 2.12 bits per heavy atom. The fourth-order valence-corrected chi connectivity index (χ4v) is 1.63. The van der Waals surface area contributed by atoms with Gasteiger partial charge in [0.25, 0.3) is 10.2 Å². The highest BCUT2D eigenvalue weighted by Crippen LogP contribution is 2.23. The van der Waals surface area contributed by atoms with Gasteiger partial charge in [-0.2, -0.15) is 12.7 Å². The number of rotatable bonds is 4. The predicted octanol–water partition coefficient (Wildman–Crippen LogP) is 0.984. The van der Waals surface area contributed by atoms with E-state index in [4.69, 9.17) is 21.5 Å². The van der Waals surface area contributed by atoms with Crippen LogP contribution in [0.25, 0.3) is 0 Å². The van der Waals surface area contributed by atoms with Crippen molar-refractivity contribution in [2.75, 3.05) is 14.2 Å². The van der Waals surface area contributed by atoms with E-state index in [1.807, 2.05) is 0 Å².